The summed E-state index contributed by atoms with van der Waals surface area (Å²) < 4.78 is 0. The van der Waals surface area contributed by atoms with Gasteiger partial charge in [-0.05, 0) is 32.4 Å². The number of nitrogens with zero attached hydrogens (tertiary/aromatic N) is 2. The van der Waals surface area contributed by atoms with Crippen molar-refractivity contribution >= 4 is 17.7 Å². The van der Waals surface area contributed by atoms with Gasteiger partial charge in [-0.15, -0.1) is 11.8 Å². The Bertz CT molecular complexity index is 475. The zero-order chi connectivity index (χ0) is 13.1. The highest BCUT2D eigenvalue weighted by Crippen LogP contribution is 2.23. The first-order chi connectivity index (χ1) is 8.52. The molecule has 1 heterocycles. The molecule has 0 unspecified atom stereocenters. The summed E-state index contributed by atoms with van der Waals surface area (Å²) in [5.74, 6) is 1.25. The number of aryl methyl sites for hydroxylation is 3. The van der Waals surface area contributed by atoms with Crippen molar-refractivity contribution in [1.29, 1.82) is 0 Å². The van der Waals surface area contributed by atoms with Gasteiger partial charge in [0.1, 0.15) is 5.03 Å². The summed E-state index contributed by atoms with van der Waals surface area (Å²) in [5.41, 5.74) is 10.5. The first-order valence-corrected chi connectivity index (χ1v) is 6.82. The standard InChI is InChI=1S/C14H17N3S/c1-9-4-10(2)6-12(5-9)8-18-13-7-11(3)16-14(15)17-13/h4-7H,8H2,1-3H3,(H2,15,16,17). The molecule has 0 atom stereocenters. The summed E-state index contributed by atoms with van der Waals surface area (Å²) in [5, 5.41) is 0.930. The van der Waals surface area contributed by atoms with Crippen molar-refractivity contribution in [1.82, 2.24) is 9.97 Å². The molecule has 1 aromatic carbocycles. The van der Waals surface area contributed by atoms with Crippen LogP contribution in [0.1, 0.15) is 22.4 Å². The lowest BCUT2D eigenvalue weighted by atomic mass is 10.1. The maximum Gasteiger partial charge on any atom is 0.221 e. The van der Waals surface area contributed by atoms with Gasteiger partial charge in [0.25, 0.3) is 0 Å². The SMILES string of the molecule is Cc1cc(C)cc(CSc2cc(C)nc(N)n2)c1. The maximum atomic E-state index is 5.64. The molecular formula is C14H17N3S. The zero-order valence-electron chi connectivity index (χ0n) is 10.9. The summed E-state index contributed by atoms with van der Waals surface area (Å²) in [7, 11) is 0. The molecule has 0 aliphatic rings. The van der Waals surface area contributed by atoms with E-state index in [4.69, 9.17) is 5.73 Å². The second-order valence-corrected chi connectivity index (χ2v) is 5.49. The predicted octanol–water partition coefficient (Wildman–Crippen LogP) is 3.28. The molecule has 0 spiro atoms. The smallest absolute Gasteiger partial charge is 0.221 e. The van der Waals surface area contributed by atoms with Crippen molar-refractivity contribution in [3.63, 3.8) is 0 Å². The van der Waals surface area contributed by atoms with Gasteiger partial charge in [-0.1, -0.05) is 29.3 Å². The van der Waals surface area contributed by atoms with E-state index in [0.717, 1.165) is 16.5 Å². The highest BCUT2D eigenvalue weighted by molar-refractivity contribution is 7.98. The number of nitrogens with two attached hydrogens (primary N) is 1. The lowest BCUT2D eigenvalue weighted by Crippen LogP contribution is -1.97. The number of thioether (sulfide) groups is 1. The minimum Gasteiger partial charge on any atom is -0.368 e. The van der Waals surface area contributed by atoms with Crippen molar-refractivity contribution in [2.24, 2.45) is 0 Å². The molecular weight excluding hydrogens is 242 g/mol. The fourth-order valence-electron chi connectivity index (χ4n) is 1.95. The van der Waals surface area contributed by atoms with Gasteiger partial charge in [-0.3, -0.25) is 0 Å². The summed E-state index contributed by atoms with van der Waals surface area (Å²) >= 11 is 1.69. The van der Waals surface area contributed by atoms with Gasteiger partial charge in [-0.2, -0.15) is 0 Å². The summed E-state index contributed by atoms with van der Waals surface area (Å²) in [6.07, 6.45) is 0. The van der Waals surface area contributed by atoms with Crippen LogP contribution in [0.4, 0.5) is 5.95 Å². The summed E-state index contributed by atoms with van der Waals surface area (Å²) in [6, 6.07) is 8.56. The van der Waals surface area contributed by atoms with Crippen molar-refractivity contribution in [3.05, 3.63) is 46.6 Å². The van der Waals surface area contributed by atoms with Crippen LogP contribution < -0.4 is 5.73 Å². The van der Waals surface area contributed by atoms with Gasteiger partial charge in [0, 0.05) is 11.4 Å². The average Bonchev–Trinajstić information content (AvgIpc) is 2.23. The molecule has 2 N–H and O–H groups in total. The van der Waals surface area contributed by atoms with Crippen molar-refractivity contribution in [3.8, 4) is 0 Å². The molecule has 0 aliphatic carbocycles. The van der Waals surface area contributed by atoms with Gasteiger partial charge >= 0.3 is 0 Å². The number of hydrogen-bond donors (Lipinski definition) is 1. The number of hydrogen-bond acceptors (Lipinski definition) is 4. The summed E-state index contributed by atoms with van der Waals surface area (Å²) in [6.45, 7) is 6.17. The third-order valence-corrected chi connectivity index (χ3v) is 3.50. The molecule has 0 aliphatic heterocycles. The number of anilines is 1. The molecule has 0 saturated carbocycles. The largest absolute Gasteiger partial charge is 0.368 e. The third kappa shape index (κ3) is 3.47. The first-order valence-electron chi connectivity index (χ1n) is 5.84. The first kappa shape index (κ1) is 12.9. The van der Waals surface area contributed by atoms with Crippen LogP contribution in [-0.2, 0) is 5.75 Å². The Morgan fingerprint density at radius 2 is 1.67 bits per heavy atom. The van der Waals surface area contributed by atoms with Gasteiger partial charge < -0.3 is 5.73 Å². The highest BCUT2D eigenvalue weighted by atomic mass is 32.2. The molecule has 1 aromatic heterocycles. The topological polar surface area (TPSA) is 51.8 Å². The molecule has 2 rings (SSSR count). The monoisotopic (exact) mass is 259 g/mol. The quantitative estimate of drug-likeness (QED) is 0.679. The Kier molecular flexibility index (Phi) is 3.87. The molecule has 0 radical (unpaired) electrons. The molecule has 0 bridgehead atoms. The molecule has 94 valence electrons. The van der Waals surface area contributed by atoms with E-state index < -0.39 is 0 Å². The third-order valence-electron chi connectivity index (χ3n) is 2.52. The van der Waals surface area contributed by atoms with Gasteiger partial charge in [0.05, 0.1) is 0 Å². The van der Waals surface area contributed by atoms with E-state index in [0.29, 0.717) is 5.95 Å². The Morgan fingerprint density at radius 1 is 1.00 bits per heavy atom. The molecule has 0 saturated heterocycles. The van der Waals surface area contributed by atoms with Crippen LogP contribution in [0.2, 0.25) is 0 Å². The lowest BCUT2D eigenvalue weighted by Gasteiger charge is -2.05. The van der Waals surface area contributed by atoms with E-state index in [1.807, 2.05) is 13.0 Å². The number of benzene rings is 1. The van der Waals surface area contributed by atoms with E-state index in [2.05, 4.69) is 42.0 Å². The van der Waals surface area contributed by atoms with Crippen LogP contribution in [0.5, 0.6) is 0 Å². The number of aromatic nitrogens is 2. The Hall–Kier alpha value is -1.55. The van der Waals surface area contributed by atoms with Crippen LogP contribution in [0.3, 0.4) is 0 Å². The van der Waals surface area contributed by atoms with Gasteiger partial charge in [0.2, 0.25) is 5.95 Å². The predicted molar refractivity (Wildman–Crippen MR) is 76.7 cm³/mol. The highest BCUT2D eigenvalue weighted by Gasteiger charge is 2.02. The number of rotatable bonds is 3. The normalized spacial score (nSPS) is 10.6. The van der Waals surface area contributed by atoms with E-state index in [1.54, 1.807) is 11.8 Å². The van der Waals surface area contributed by atoms with Crippen molar-refractivity contribution in [2.45, 2.75) is 31.6 Å². The fourth-order valence-corrected chi connectivity index (χ4v) is 2.84. The van der Waals surface area contributed by atoms with Crippen molar-refractivity contribution < 1.29 is 0 Å². The molecule has 3 nitrogen and oxygen atoms in total. The van der Waals surface area contributed by atoms with Crippen LogP contribution >= 0.6 is 11.8 Å². The van der Waals surface area contributed by atoms with E-state index in [9.17, 15) is 0 Å². The van der Waals surface area contributed by atoms with E-state index >= 15 is 0 Å². The molecule has 2 aromatic rings. The van der Waals surface area contributed by atoms with Crippen molar-refractivity contribution in [2.75, 3.05) is 5.73 Å². The van der Waals surface area contributed by atoms with Gasteiger partial charge in [0.15, 0.2) is 0 Å². The lowest BCUT2D eigenvalue weighted by molar-refractivity contribution is 1.02. The van der Waals surface area contributed by atoms with E-state index in [1.165, 1.54) is 16.7 Å². The average molecular weight is 259 g/mol. The Balaban J connectivity index is 2.11. The summed E-state index contributed by atoms with van der Waals surface area (Å²) in [4.78, 5) is 8.29. The fraction of sp³-hybridized carbons (Fsp3) is 0.286. The Labute approximate surface area is 112 Å². The molecule has 4 heteroatoms. The van der Waals surface area contributed by atoms with Crippen LogP contribution in [0.25, 0.3) is 0 Å². The zero-order valence-corrected chi connectivity index (χ0v) is 11.7. The molecule has 0 amide bonds. The minimum atomic E-state index is 0.345. The Morgan fingerprint density at radius 3 is 2.28 bits per heavy atom. The second-order valence-electron chi connectivity index (χ2n) is 4.49. The molecule has 0 fully saturated rings. The van der Waals surface area contributed by atoms with Crippen LogP contribution in [0.15, 0.2) is 29.3 Å². The minimum absolute atomic E-state index is 0.345. The molecule has 18 heavy (non-hydrogen) atoms. The second kappa shape index (κ2) is 5.40. The van der Waals surface area contributed by atoms with Gasteiger partial charge in [-0.25, -0.2) is 9.97 Å². The van der Waals surface area contributed by atoms with Crippen LogP contribution in [-0.4, -0.2) is 9.97 Å². The number of nitrogen functional groups attached to an aromatic ring is 1. The maximum absolute atomic E-state index is 5.64. The van der Waals surface area contributed by atoms with E-state index in [-0.39, 0.29) is 0 Å². The van der Waals surface area contributed by atoms with Crippen LogP contribution in [0, 0.1) is 20.8 Å².